The van der Waals surface area contributed by atoms with E-state index < -0.39 is 11.6 Å². The monoisotopic (exact) mass is 470 g/mol. The summed E-state index contributed by atoms with van der Waals surface area (Å²) in [6.45, 7) is 3.71. The summed E-state index contributed by atoms with van der Waals surface area (Å²) in [7, 11) is 0. The van der Waals surface area contributed by atoms with Crippen molar-refractivity contribution < 1.29 is 18.6 Å². The third-order valence-corrected chi connectivity index (χ3v) is 4.36. The molecule has 0 saturated heterocycles. The van der Waals surface area contributed by atoms with Crippen LogP contribution in [-0.4, -0.2) is 18.3 Å². The van der Waals surface area contributed by atoms with Crippen LogP contribution in [0.1, 0.15) is 12.0 Å². The van der Waals surface area contributed by atoms with Crippen LogP contribution in [0, 0.1) is 32.5 Å². The summed E-state index contributed by atoms with van der Waals surface area (Å²) in [5.74, 6) is -1.21. The lowest BCUT2D eigenvalue weighted by molar-refractivity contribution is 0.216. The van der Waals surface area contributed by atoms with Gasteiger partial charge in [-0.15, -0.1) is 6.58 Å². The number of halogens is 3. The molecule has 0 amide bonds. The topological polar surface area (TPSA) is 65.3 Å². The van der Waals surface area contributed by atoms with Gasteiger partial charge in [-0.1, -0.05) is 6.08 Å². The fourth-order valence-electron chi connectivity index (χ4n) is 2.25. The molecule has 0 heterocycles. The van der Waals surface area contributed by atoms with Crippen molar-refractivity contribution in [3.63, 3.8) is 0 Å². The van der Waals surface area contributed by atoms with Gasteiger partial charge >= 0.3 is 0 Å². The van der Waals surface area contributed by atoms with Gasteiger partial charge in [0, 0.05) is 22.2 Å². The summed E-state index contributed by atoms with van der Waals surface area (Å²) < 4.78 is 34.2. The molecule has 0 aliphatic heterocycles. The van der Waals surface area contributed by atoms with E-state index in [9.17, 15) is 14.0 Å². The Labute approximate surface area is 164 Å². The Hall–Kier alpha value is -2.18. The lowest BCUT2D eigenvalue weighted by Crippen LogP contribution is -2.09. The van der Waals surface area contributed by atoms with Crippen LogP contribution in [0.2, 0.25) is 0 Å². The number of anilines is 2. The van der Waals surface area contributed by atoms with Gasteiger partial charge in [-0.2, -0.15) is 5.26 Å². The Bertz CT molecular complexity index is 837. The molecule has 0 bridgehead atoms. The zero-order chi connectivity index (χ0) is 19.1. The minimum atomic E-state index is -0.616. The Balaban J connectivity index is 2.25. The van der Waals surface area contributed by atoms with Crippen molar-refractivity contribution in [2.75, 3.05) is 18.5 Å². The molecule has 136 valence electrons. The average molecular weight is 470 g/mol. The molecule has 1 atom stereocenters. The predicted molar refractivity (Wildman–Crippen MR) is 104 cm³/mol. The van der Waals surface area contributed by atoms with E-state index in [4.69, 9.17) is 9.84 Å². The predicted octanol–water partition coefficient (Wildman–Crippen LogP) is 4.75. The summed E-state index contributed by atoms with van der Waals surface area (Å²) in [4.78, 5) is 0. The number of aliphatic hydroxyl groups excluding tert-OH is 1. The van der Waals surface area contributed by atoms with Crippen molar-refractivity contribution in [2.24, 2.45) is 5.92 Å². The number of nitrogens with zero attached hydrogens (tertiary/aromatic N) is 1. The number of nitrogens with one attached hydrogen (secondary N) is 1. The summed E-state index contributed by atoms with van der Waals surface area (Å²) in [5.41, 5.74) is 0.319. The second-order valence-corrected chi connectivity index (χ2v) is 6.75. The van der Waals surface area contributed by atoms with Gasteiger partial charge in [-0.3, -0.25) is 0 Å². The van der Waals surface area contributed by atoms with Gasteiger partial charge < -0.3 is 15.2 Å². The second-order valence-electron chi connectivity index (χ2n) is 5.50. The first-order chi connectivity index (χ1) is 12.5. The number of benzene rings is 2. The van der Waals surface area contributed by atoms with E-state index in [0.29, 0.717) is 6.42 Å². The molecule has 0 aliphatic carbocycles. The fraction of sp³-hybridized carbons (Fsp3) is 0.211. The first-order valence-corrected chi connectivity index (χ1v) is 8.88. The van der Waals surface area contributed by atoms with Crippen molar-refractivity contribution in [1.82, 2.24) is 0 Å². The first kappa shape index (κ1) is 20.1. The molecule has 2 N–H and O–H groups in total. The molecule has 0 saturated carbocycles. The van der Waals surface area contributed by atoms with Crippen LogP contribution in [0.3, 0.4) is 0 Å². The molecule has 1 unspecified atom stereocenters. The zero-order valence-corrected chi connectivity index (χ0v) is 16.0. The standard InChI is InChI=1S/C19H17F2IN2O2/c1-2-12(11-25)5-6-26-19-8-13(20)7-18(15(19)10-23)24-17-4-3-14(22)9-16(17)21/h2-4,7-9,12,24-25H,1,5-6,11H2. The Morgan fingerprint density at radius 2 is 2.08 bits per heavy atom. The van der Waals surface area contributed by atoms with Crippen LogP contribution in [0.25, 0.3) is 0 Å². The highest BCUT2D eigenvalue weighted by molar-refractivity contribution is 14.1. The lowest BCUT2D eigenvalue weighted by atomic mass is 10.1. The van der Waals surface area contributed by atoms with Gasteiger partial charge in [-0.25, -0.2) is 8.78 Å². The molecule has 0 radical (unpaired) electrons. The van der Waals surface area contributed by atoms with E-state index in [0.717, 1.165) is 15.7 Å². The van der Waals surface area contributed by atoms with E-state index in [-0.39, 0.29) is 41.8 Å². The second kappa shape index (κ2) is 9.50. The minimum absolute atomic E-state index is 0.0571. The number of nitriles is 1. The van der Waals surface area contributed by atoms with Gasteiger partial charge in [0.15, 0.2) is 0 Å². The molecule has 26 heavy (non-hydrogen) atoms. The lowest BCUT2D eigenvalue weighted by Gasteiger charge is -2.15. The molecule has 7 heteroatoms. The number of hydrogen-bond donors (Lipinski definition) is 2. The Morgan fingerprint density at radius 1 is 1.31 bits per heavy atom. The van der Waals surface area contributed by atoms with Crippen LogP contribution < -0.4 is 10.1 Å². The smallest absolute Gasteiger partial charge is 0.147 e. The van der Waals surface area contributed by atoms with Crippen molar-refractivity contribution in [1.29, 1.82) is 5.26 Å². The third kappa shape index (κ3) is 5.16. The normalized spacial score (nSPS) is 11.5. The fourth-order valence-corrected chi connectivity index (χ4v) is 2.70. The molecule has 2 aromatic rings. The van der Waals surface area contributed by atoms with E-state index in [1.54, 1.807) is 12.1 Å². The Morgan fingerprint density at radius 3 is 2.69 bits per heavy atom. The summed E-state index contributed by atoms with van der Waals surface area (Å²) >= 11 is 1.98. The van der Waals surface area contributed by atoms with Gasteiger partial charge in [0.25, 0.3) is 0 Å². The molecular formula is C19H17F2IN2O2. The summed E-state index contributed by atoms with van der Waals surface area (Å²) in [6.07, 6.45) is 2.07. The van der Waals surface area contributed by atoms with Crippen molar-refractivity contribution >= 4 is 34.0 Å². The van der Waals surface area contributed by atoms with Crippen LogP contribution in [0.4, 0.5) is 20.2 Å². The van der Waals surface area contributed by atoms with E-state index in [1.807, 2.05) is 28.7 Å². The van der Waals surface area contributed by atoms with Crippen LogP contribution in [0.15, 0.2) is 43.0 Å². The number of hydrogen-bond acceptors (Lipinski definition) is 4. The van der Waals surface area contributed by atoms with Crippen LogP contribution in [-0.2, 0) is 0 Å². The molecule has 2 rings (SSSR count). The van der Waals surface area contributed by atoms with Gasteiger partial charge in [-0.05, 0) is 53.3 Å². The maximum Gasteiger partial charge on any atom is 0.147 e. The maximum atomic E-state index is 14.0. The van der Waals surface area contributed by atoms with Crippen molar-refractivity contribution in [3.8, 4) is 11.8 Å². The van der Waals surface area contributed by atoms with E-state index >= 15 is 0 Å². The van der Waals surface area contributed by atoms with Gasteiger partial charge in [0.2, 0.25) is 0 Å². The zero-order valence-electron chi connectivity index (χ0n) is 13.8. The molecule has 0 fully saturated rings. The van der Waals surface area contributed by atoms with Crippen molar-refractivity contribution in [3.05, 3.63) is 63.8 Å². The molecular weight excluding hydrogens is 453 g/mol. The average Bonchev–Trinajstić information content (AvgIpc) is 2.61. The first-order valence-electron chi connectivity index (χ1n) is 7.80. The summed E-state index contributed by atoms with van der Waals surface area (Å²) in [5, 5.41) is 21.3. The molecule has 0 aliphatic rings. The molecule has 4 nitrogen and oxygen atoms in total. The highest BCUT2D eigenvalue weighted by Crippen LogP contribution is 2.31. The number of ether oxygens (including phenoxy) is 1. The van der Waals surface area contributed by atoms with E-state index in [1.165, 1.54) is 12.1 Å². The number of rotatable bonds is 8. The quantitative estimate of drug-likeness (QED) is 0.432. The third-order valence-electron chi connectivity index (χ3n) is 3.69. The molecule has 0 aromatic heterocycles. The number of aliphatic hydroxyl groups is 1. The SMILES string of the molecule is C=CC(CO)CCOc1cc(F)cc(Nc2ccc(I)cc2F)c1C#N. The van der Waals surface area contributed by atoms with Crippen LogP contribution in [0.5, 0.6) is 5.75 Å². The Kier molecular flexibility index (Phi) is 7.36. The molecule has 2 aromatic carbocycles. The van der Waals surface area contributed by atoms with Crippen LogP contribution >= 0.6 is 22.6 Å². The van der Waals surface area contributed by atoms with Crippen molar-refractivity contribution in [2.45, 2.75) is 6.42 Å². The highest BCUT2D eigenvalue weighted by atomic mass is 127. The summed E-state index contributed by atoms with van der Waals surface area (Å²) in [6, 6.07) is 8.72. The largest absolute Gasteiger partial charge is 0.492 e. The maximum absolute atomic E-state index is 14.0. The van der Waals surface area contributed by atoms with Gasteiger partial charge in [0.1, 0.15) is 29.0 Å². The highest BCUT2D eigenvalue weighted by Gasteiger charge is 2.15. The molecule has 0 spiro atoms. The van der Waals surface area contributed by atoms with E-state index in [2.05, 4.69) is 11.9 Å². The minimum Gasteiger partial charge on any atom is -0.492 e. The van der Waals surface area contributed by atoms with Gasteiger partial charge in [0.05, 0.1) is 18.0 Å².